The molecule has 0 heterocycles. The fourth-order valence-electron chi connectivity index (χ4n) is 6.24. The molecule has 0 spiro atoms. The Labute approximate surface area is 163 Å². The number of allylic oxidation sites excluding steroid dienone is 2. The number of methoxy groups -OCH3 is 1. The third-order valence-corrected chi connectivity index (χ3v) is 8.69. The Hall–Kier alpha value is -1.58. The molecule has 0 aliphatic heterocycles. The van der Waals surface area contributed by atoms with E-state index in [1.54, 1.807) is 0 Å². The lowest BCUT2D eigenvalue weighted by atomic mass is 9.41. The summed E-state index contributed by atoms with van der Waals surface area (Å²) in [6.07, 6.45) is 7.40. The maximum Gasteiger partial charge on any atom is 0.227 e. The molecule has 0 unspecified atom stereocenters. The van der Waals surface area contributed by atoms with Crippen LogP contribution in [0.25, 0.3) is 0 Å². The van der Waals surface area contributed by atoms with Crippen LogP contribution in [-0.4, -0.2) is 23.8 Å². The van der Waals surface area contributed by atoms with Gasteiger partial charge >= 0.3 is 0 Å². The summed E-state index contributed by atoms with van der Waals surface area (Å²) in [5.74, 6) is -0.351. The van der Waals surface area contributed by atoms with Crippen LogP contribution < -0.4 is 0 Å². The topological polar surface area (TPSA) is 63.6 Å². The van der Waals surface area contributed by atoms with E-state index in [1.807, 2.05) is 0 Å². The summed E-state index contributed by atoms with van der Waals surface area (Å²) in [6.45, 7) is 11.7. The van der Waals surface area contributed by atoms with Crippen LogP contribution in [0, 0.1) is 28.1 Å². The molecule has 0 bridgehead atoms. The number of hydrogen-bond donors (Lipinski definition) is 1. The summed E-state index contributed by atoms with van der Waals surface area (Å²) in [6, 6.07) is 0. The standard InChI is InChI=1S/C23H34O4/c1-14-9-11-23(5)18(8-7-10-21(23,2)3)22(14,4)13-15-19(25)16(24)12-17(27-6)20(15)26/h12,14,18,25H,7-11,13H2,1-6H3/t14-,18-,22+,23+/m1/s1. The van der Waals surface area contributed by atoms with Crippen molar-refractivity contribution >= 4 is 11.6 Å². The van der Waals surface area contributed by atoms with Gasteiger partial charge in [0.2, 0.25) is 11.6 Å². The van der Waals surface area contributed by atoms with E-state index in [0.29, 0.717) is 18.3 Å². The second-order valence-electron chi connectivity index (χ2n) is 10.1. The van der Waals surface area contributed by atoms with Crippen LogP contribution in [0.3, 0.4) is 0 Å². The smallest absolute Gasteiger partial charge is 0.227 e. The van der Waals surface area contributed by atoms with Crippen molar-refractivity contribution in [2.75, 3.05) is 7.11 Å². The summed E-state index contributed by atoms with van der Waals surface area (Å²) in [4.78, 5) is 25.0. The molecule has 0 amide bonds. The Morgan fingerprint density at radius 3 is 2.44 bits per heavy atom. The number of hydrogen-bond acceptors (Lipinski definition) is 4. The van der Waals surface area contributed by atoms with Gasteiger partial charge in [-0.05, 0) is 60.2 Å². The minimum Gasteiger partial charge on any atom is -0.504 e. The largest absolute Gasteiger partial charge is 0.504 e. The maximum atomic E-state index is 12.8. The average Bonchev–Trinajstić information content (AvgIpc) is 2.60. The van der Waals surface area contributed by atoms with Gasteiger partial charge in [-0.3, -0.25) is 9.59 Å². The lowest BCUT2D eigenvalue weighted by Crippen LogP contribution is -2.56. The Morgan fingerprint density at radius 2 is 1.81 bits per heavy atom. The zero-order valence-electron chi connectivity index (χ0n) is 17.6. The Morgan fingerprint density at radius 1 is 1.15 bits per heavy atom. The number of fused-ring (bicyclic) bond motifs is 1. The summed E-state index contributed by atoms with van der Waals surface area (Å²) in [7, 11) is 1.39. The molecule has 150 valence electrons. The Bertz CT molecular complexity index is 729. The van der Waals surface area contributed by atoms with Crippen LogP contribution in [-0.2, 0) is 14.3 Å². The molecule has 4 atom stereocenters. The molecule has 0 saturated heterocycles. The van der Waals surface area contributed by atoms with Crippen molar-refractivity contribution in [2.24, 2.45) is 28.1 Å². The SMILES string of the molecule is COC1=CC(=O)C(O)=C(C[C@@]2(C)[C@H](C)CC[C@@]3(C)[C@@H]2CCCC3(C)C)C1=O. The van der Waals surface area contributed by atoms with Crippen molar-refractivity contribution in [3.8, 4) is 0 Å². The van der Waals surface area contributed by atoms with Gasteiger partial charge in [0, 0.05) is 11.6 Å². The molecule has 0 aromatic carbocycles. The van der Waals surface area contributed by atoms with Crippen molar-refractivity contribution in [2.45, 2.75) is 73.1 Å². The third-order valence-electron chi connectivity index (χ3n) is 8.69. The number of rotatable bonds is 3. The summed E-state index contributed by atoms with van der Waals surface area (Å²) < 4.78 is 5.11. The molecule has 4 heteroatoms. The highest BCUT2D eigenvalue weighted by molar-refractivity contribution is 6.20. The van der Waals surface area contributed by atoms with Crippen LogP contribution in [0.5, 0.6) is 0 Å². The second-order valence-corrected chi connectivity index (χ2v) is 10.1. The predicted molar refractivity (Wildman–Crippen MR) is 105 cm³/mol. The first-order chi connectivity index (χ1) is 12.5. The van der Waals surface area contributed by atoms with E-state index >= 15 is 0 Å². The Balaban J connectivity index is 2.02. The minimum atomic E-state index is -0.528. The zero-order chi connectivity index (χ0) is 20.2. The number of aliphatic hydroxyl groups excluding tert-OH is 1. The van der Waals surface area contributed by atoms with Crippen LogP contribution in [0.1, 0.15) is 73.1 Å². The number of ether oxygens (including phenoxy) is 1. The van der Waals surface area contributed by atoms with Gasteiger partial charge in [0.15, 0.2) is 11.5 Å². The maximum absolute atomic E-state index is 12.8. The molecule has 2 saturated carbocycles. The van der Waals surface area contributed by atoms with Gasteiger partial charge in [0.25, 0.3) is 0 Å². The van der Waals surface area contributed by atoms with Gasteiger partial charge in [-0.15, -0.1) is 0 Å². The highest BCUT2D eigenvalue weighted by atomic mass is 16.5. The number of Topliss-reactive ketones (excluding diaryl/α,β-unsaturated/α-hetero) is 1. The molecule has 0 aromatic rings. The van der Waals surface area contributed by atoms with Crippen molar-refractivity contribution < 1.29 is 19.4 Å². The van der Waals surface area contributed by atoms with Crippen LogP contribution in [0.4, 0.5) is 0 Å². The van der Waals surface area contributed by atoms with E-state index in [-0.39, 0.29) is 33.4 Å². The highest BCUT2D eigenvalue weighted by Gasteiger charge is 2.59. The Kier molecular flexibility index (Phi) is 4.85. The van der Waals surface area contributed by atoms with Crippen molar-refractivity contribution in [1.82, 2.24) is 0 Å². The molecule has 3 aliphatic rings. The van der Waals surface area contributed by atoms with E-state index in [4.69, 9.17) is 4.74 Å². The van der Waals surface area contributed by atoms with Crippen LogP contribution in [0.15, 0.2) is 23.2 Å². The van der Waals surface area contributed by atoms with Gasteiger partial charge in [0.1, 0.15) is 0 Å². The average molecular weight is 375 g/mol. The van der Waals surface area contributed by atoms with Crippen LogP contribution in [0.2, 0.25) is 0 Å². The monoisotopic (exact) mass is 374 g/mol. The summed E-state index contributed by atoms with van der Waals surface area (Å²) >= 11 is 0. The van der Waals surface area contributed by atoms with Crippen molar-refractivity contribution in [3.05, 3.63) is 23.2 Å². The molecule has 1 N–H and O–H groups in total. The van der Waals surface area contributed by atoms with E-state index in [0.717, 1.165) is 18.9 Å². The first kappa shape index (κ1) is 20.2. The summed E-state index contributed by atoms with van der Waals surface area (Å²) in [5.41, 5.74) is 0.545. The third kappa shape index (κ3) is 2.87. The van der Waals surface area contributed by atoms with E-state index in [2.05, 4.69) is 34.6 Å². The van der Waals surface area contributed by atoms with Gasteiger partial charge < -0.3 is 9.84 Å². The molecular formula is C23H34O4. The first-order valence-electron chi connectivity index (χ1n) is 10.2. The molecular weight excluding hydrogens is 340 g/mol. The van der Waals surface area contributed by atoms with Crippen molar-refractivity contribution in [3.63, 3.8) is 0 Å². The van der Waals surface area contributed by atoms with Gasteiger partial charge in [-0.2, -0.15) is 0 Å². The van der Waals surface area contributed by atoms with E-state index in [9.17, 15) is 14.7 Å². The molecule has 27 heavy (non-hydrogen) atoms. The minimum absolute atomic E-state index is 0.0339. The fourth-order valence-corrected chi connectivity index (χ4v) is 6.24. The molecule has 0 aromatic heterocycles. The summed E-state index contributed by atoms with van der Waals surface area (Å²) in [5, 5.41) is 10.4. The van der Waals surface area contributed by atoms with Crippen LogP contribution >= 0.6 is 0 Å². The molecule has 0 radical (unpaired) electrons. The van der Waals surface area contributed by atoms with E-state index < -0.39 is 11.5 Å². The van der Waals surface area contributed by atoms with Gasteiger partial charge in [-0.1, -0.05) is 41.0 Å². The predicted octanol–water partition coefficient (Wildman–Crippen LogP) is 5.14. The highest BCUT2D eigenvalue weighted by Crippen LogP contribution is 2.67. The fraction of sp³-hybridized carbons (Fsp3) is 0.739. The molecule has 3 aliphatic carbocycles. The lowest BCUT2D eigenvalue weighted by molar-refractivity contribution is -0.143. The van der Waals surface area contributed by atoms with Gasteiger partial charge in [-0.25, -0.2) is 0 Å². The van der Waals surface area contributed by atoms with E-state index in [1.165, 1.54) is 26.4 Å². The number of ketones is 2. The molecule has 3 rings (SSSR count). The van der Waals surface area contributed by atoms with Gasteiger partial charge in [0.05, 0.1) is 7.11 Å². The number of aliphatic hydroxyl groups is 1. The normalized spacial score (nSPS) is 39.1. The zero-order valence-corrected chi connectivity index (χ0v) is 17.6. The van der Waals surface area contributed by atoms with Crippen molar-refractivity contribution in [1.29, 1.82) is 0 Å². The molecule has 4 nitrogen and oxygen atoms in total. The quantitative estimate of drug-likeness (QED) is 0.695. The first-order valence-corrected chi connectivity index (χ1v) is 10.2. The second kappa shape index (κ2) is 6.49. The number of carbonyl (C=O) groups excluding carboxylic acids is 2. The lowest BCUT2D eigenvalue weighted by Gasteiger charge is -2.64. The number of carbonyl (C=O) groups is 2. The molecule has 2 fully saturated rings.